The van der Waals surface area contributed by atoms with Crippen LogP contribution < -0.4 is 0 Å². The number of aryl methyl sites for hydroxylation is 1. The SMILES string of the molecule is C/C=C1/C(=O)C(C)(C)c2cccc(C)c21. The summed E-state index contributed by atoms with van der Waals surface area (Å²) in [6.45, 7) is 8.01. The fraction of sp³-hybridized carbons (Fsp3) is 0.357. The molecule has 0 bridgehead atoms. The minimum absolute atomic E-state index is 0.245. The number of benzene rings is 1. The zero-order valence-electron chi connectivity index (χ0n) is 9.72. The van der Waals surface area contributed by atoms with E-state index in [9.17, 15) is 4.79 Å². The number of allylic oxidation sites excluding steroid dienone is 2. The van der Waals surface area contributed by atoms with Gasteiger partial charge in [-0.05, 0) is 44.4 Å². The molecule has 1 aliphatic carbocycles. The van der Waals surface area contributed by atoms with Crippen LogP contribution in [0.2, 0.25) is 0 Å². The Morgan fingerprint density at radius 3 is 2.53 bits per heavy atom. The molecule has 0 fully saturated rings. The van der Waals surface area contributed by atoms with E-state index in [1.807, 2.05) is 32.9 Å². The van der Waals surface area contributed by atoms with E-state index in [0.29, 0.717) is 0 Å². The first-order valence-electron chi connectivity index (χ1n) is 5.31. The molecule has 0 unspecified atom stereocenters. The lowest BCUT2D eigenvalue weighted by Gasteiger charge is -2.16. The Labute approximate surface area is 90.8 Å². The van der Waals surface area contributed by atoms with Crippen LogP contribution in [0.25, 0.3) is 5.57 Å². The van der Waals surface area contributed by atoms with Gasteiger partial charge in [0.1, 0.15) is 0 Å². The van der Waals surface area contributed by atoms with E-state index in [2.05, 4.69) is 19.1 Å². The maximum atomic E-state index is 12.2. The number of hydrogen-bond acceptors (Lipinski definition) is 1. The summed E-state index contributed by atoms with van der Waals surface area (Å²) in [5.74, 6) is 0.245. The van der Waals surface area contributed by atoms with Crippen LogP contribution in [0.5, 0.6) is 0 Å². The molecule has 78 valence electrons. The molecule has 1 heteroatoms. The average molecular weight is 200 g/mol. The third-order valence-corrected chi connectivity index (χ3v) is 3.32. The summed E-state index contributed by atoms with van der Waals surface area (Å²) in [7, 11) is 0. The Balaban J connectivity index is 2.82. The quantitative estimate of drug-likeness (QED) is 0.587. The van der Waals surface area contributed by atoms with Gasteiger partial charge >= 0.3 is 0 Å². The van der Waals surface area contributed by atoms with Gasteiger partial charge in [-0.15, -0.1) is 0 Å². The van der Waals surface area contributed by atoms with E-state index in [4.69, 9.17) is 0 Å². The van der Waals surface area contributed by atoms with Crippen LogP contribution in [0.4, 0.5) is 0 Å². The van der Waals surface area contributed by atoms with Crippen LogP contribution in [0.15, 0.2) is 24.3 Å². The summed E-state index contributed by atoms with van der Waals surface area (Å²) in [6.07, 6.45) is 1.93. The summed E-state index contributed by atoms with van der Waals surface area (Å²) in [5.41, 5.74) is 4.03. The second kappa shape index (κ2) is 3.06. The highest BCUT2D eigenvalue weighted by Gasteiger charge is 2.41. The molecule has 1 aromatic rings. The molecule has 1 aromatic carbocycles. The predicted octanol–water partition coefficient (Wildman–Crippen LogP) is 3.26. The summed E-state index contributed by atoms with van der Waals surface area (Å²) in [4.78, 5) is 12.2. The van der Waals surface area contributed by atoms with Crippen molar-refractivity contribution in [3.63, 3.8) is 0 Å². The van der Waals surface area contributed by atoms with Crippen molar-refractivity contribution in [3.8, 4) is 0 Å². The molecule has 1 nitrogen and oxygen atoms in total. The standard InChI is InChI=1S/C14H16O/c1-5-10-12-9(2)7-6-8-11(12)14(3,4)13(10)15/h5-8H,1-4H3/b10-5+. The molecule has 0 amide bonds. The van der Waals surface area contributed by atoms with E-state index in [1.165, 1.54) is 11.1 Å². The largest absolute Gasteiger partial charge is 0.293 e. The first-order chi connectivity index (χ1) is 7.00. The fourth-order valence-electron chi connectivity index (χ4n) is 2.39. The molecular formula is C14H16O. The minimum Gasteiger partial charge on any atom is -0.293 e. The predicted molar refractivity (Wildman–Crippen MR) is 62.9 cm³/mol. The second-order valence-electron chi connectivity index (χ2n) is 4.65. The number of fused-ring (bicyclic) bond motifs is 1. The molecule has 1 aliphatic rings. The van der Waals surface area contributed by atoms with Gasteiger partial charge < -0.3 is 0 Å². The van der Waals surface area contributed by atoms with Crippen LogP contribution in [-0.4, -0.2) is 5.78 Å². The molecule has 0 aliphatic heterocycles. The molecule has 0 aromatic heterocycles. The van der Waals surface area contributed by atoms with Crippen LogP contribution in [-0.2, 0) is 10.2 Å². The van der Waals surface area contributed by atoms with Crippen molar-refractivity contribution < 1.29 is 4.79 Å². The van der Waals surface area contributed by atoms with E-state index in [-0.39, 0.29) is 11.2 Å². The normalized spacial score (nSPS) is 20.8. The van der Waals surface area contributed by atoms with Crippen molar-refractivity contribution >= 4 is 11.4 Å². The van der Waals surface area contributed by atoms with Gasteiger partial charge in [-0.3, -0.25) is 4.79 Å². The molecule has 0 N–H and O–H groups in total. The Hall–Kier alpha value is -1.37. The lowest BCUT2D eigenvalue weighted by Crippen LogP contribution is -2.23. The maximum absolute atomic E-state index is 12.2. The van der Waals surface area contributed by atoms with Gasteiger partial charge in [0.25, 0.3) is 0 Å². The van der Waals surface area contributed by atoms with Crippen LogP contribution in [0.1, 0.15) is 37.5 Å². The number of hydrogen-bond donors (Lipinski definition) is 0. The Bertz CT molecular complexity index is 464. The van der Waals surface area contributed by atoms with Gasteiger partial charge in [0.05, 0.1) is 5.41 Å². The number of carbonyl (C=O) groups excluding carboxylic acids is 1. The van der Waals surface area contributed by atoms with Crippen molar-refractivity contribution in [1.82, 2.24) is 0 Å². The Kier molecular flexibility index (Phi) is 2.07. The van der Waals surface area contributed by atoms with Crippen molar-refractivity contribution in [2.24, 2.45) is 0 Å². The van der Waals surface area contributed by atoms with E-state index < -0.39 is 0 Å². The fourth-order valence-corrected chi connectivity index (χ4v) is 2.39. The number of carbonyl (C=O) groups is 1. The Morgan fingerprint density at radius 2 is 1.93 bits per heavy atom. The van der Waals surface area contributed by atoms with Crippen molar-refractivity contribution in [2.75, 3.05) is 0 Å². The summed E-state index contributed by atoms with van der Waals surface area (Å²) in [6, 6.07) is 6.16. The topological polar surface area (TPSA) is 17.1 Å². The van der Waals surface area contributed by atoms with E-state index in [1.54, 1.807) is 0 Å². The molecule has 0 saturated heterocycles. The smallest absolute Gasteiger partial charge is 0.173 e. The highest BCUT2D eigenvalue weighted by atomic mass is 16.1. The summed E-state index contributed by atoms with van der Waals surface area (Å²) in [5, 5.41) is 0. The third-order valence-electron chi connectivity index (χ3n) is 3.32. The average Bonchev–Trinajstić information content (AvgIpc) is 2.39. The van der Waals surface area contributed by atoms with Gasteiger partial charge in [0.2, 0.25) is 0 Å². The van der Waals surface area contributed by atoms with Crippen LogP contribution in [0.3, 0.4) is 0 Å². The van der Waals surface area contributed by atoms with Gasteiger partial charge in [0.15, 0.2) is 5.78 Å². The molecule has 0 atom stereocenters. The molecule has 0 spiro atoms. The van der Waals surface area contributed by atoms with Gasteiger partial charge in [-0.25, -0.2) is 0 Å². The van der Waals surface area contributed by atoms with Crippen molar-refractivity contribution in [1.29, 1.82) is 0 Å². The zero-order valence-corrected chi connectivity index (χ0v) is 9.72. The lowest BCUT2D eigenvalue weighted by atomic mass is 9.85. The highest BCUT2D eigenvalue weighted by molar-refractivity contribution is 6.29. The maximum Gasteiger partial charge on any atom is 0.173 e. The number of Topliss-reactive ketones (excluding diaryl/α,β-unsaturated/α-hetero) is 1. The minimum atomic E-state index is -0.358. The summed E-state index contributed by atoms with van der Waals surface area (Å²) < 4.78 is 0. The van der Waals surface area contributed by atoms with Crippen LogP contribution >= 0.6 is 0 Å². The molecule has 15 heavy (non-hydrogen) atoms. The molecule has 0 heterocycles. The monoisotopic (exact) mass is 200 g/mol. The zero-order chi connectivity index (χ0) is 11.2. The van der Waals surface area contributed by atoms with Crippen molar-refractivity contribution in [2.45, 2.75) is 33.1 Å². The van der Waals surface area contributed by atoms with Gasteiger partial charge in [-0.2, -0.15) is 0 Å². The molecule has 0 saturated carbocycles. The first kappa shape index (κ1) is 10.2. The highest BCUT2D eigenvalue weighted by Crippen LogP contribution is 2.43. The Morgan fingerprint density at radius 1 is 1.27 bits per heavy atom. The van der Waals surface area contributed by atoms with Crippen molar-refractivity contribution in [3.05, 3.63) is 41.0 Å². The van der Waals surface area contributed by atoms with Gasteiger partial charge in [-0.1, -0.05) is 24.3 Å². The van der Waals surface area contributed by atoms with Crippen LogP contribution in [0, 0.1) is 6.92 Å². The molecule has 2 rings (SSSR count). The number of rotatable bonds is 0. The number of ketones is 1. The summed E-state index contributed by atoms with van der Waals surface area (Å²) >= 11 is 0. The third kappa shape index (κ3) is 1.19. The molecular weight excluding hydrogens is 184 g/mol. The lowest BCUT2D eigenvalue weighted by molar-refractivity contribution is -0.117. The second-order valence-corrected chi connectivity index (χ2v) is 4.65. The van der Waals surface area contributed by atoms with E-state index >= 15 is 0 Å². The first-order valence-corrected chi connectivity index (χ1v) is 5.31. The van der Waals surface area contributed by atoms with E-state index in [0.717, 1.165) is 11.1 Å². The molecule has 0 radical (unpaired) electrons. The van der Waals surface area contributed by atoms with Gasteiger partial charge in [0, 0.05) is 5.57 Å².